The lowest BCUT2D eigenvalue weighted by molar-refractivity contribution is 0.0690. The number of carboxylic acids is 1. The molecule has 21 heavy (non-hydrogen) atoms. The standard InChI is InChI=1S/C14H12N4O3/c19-14(20)12-9-18(17-16-12)7-8-21-13-5-1-4-11-10(13)3-2-6-15-11/h1-6,9H,7-8H2,(H,19,20). The van der Waals surface area contributed by atoms with Crippen molar-refractivity contribution >= 4 is 16.9 Å². The third-order valence-electron chi connectivity index (χ3n) is 2.94. The lowest BCUT2D eigenvalue weighted by atomic mass is 10.2. The van der Waals surface area contributed by atoms with Gasteiger partial charge >= 0.3 is 5.97 Å². The van der Waals surface area contributed by atoms with Crippen LogP contribution in [0.15, 0.2) is 42.7 Å². The largest absolute Gasteiger partial charge is 0.491 e. The maximum Gasteiger partial charge on any atom is 0.358 e. The molecule has 0 bridgehead atoms. The summed E-state index contributed by atoms with van der Waals surface area (Å²) in [5.41, 5.74) is 0.785. The SMILES string of the molecule is O=C(O)c1cn(CCOc2cccc3ncccc23)nn1. The third kappa shape index (κ3) is 2.81. The molecule has 0 aliphatic heterocycles. The van der Waals surface area contributed by atoms with Crippen LogP contribution < -0.4 is 4.74 Å². The van der Waals surface area contributed by atoms with Gasteiger partial charge in [-0.1, -0.05) is 11.3 Å². The number of aromatic carboxylic acids is 1. The minimum absolute atomic E-state index is 0.0793. The van der Waals surface area contributed by atoms with Gasteiger partial charge in [0.2, 0.25) is 0 Å². The highest BCUT2D eigenvalue weighted by molar-refractivity contribution is 5.85. The average molecular weight is 284 g/mol. The van der Waals surface area contributed by atoms with Gasteiger partial charge in [0.15, 0.2) is 5.69 Å². The van der Waals surface area contributed by atoms with Crippen LogP contribution >= 0.6 is 0 Å². The zero-order valence-corrected chi connectivity index (χ0v) is 11.0. The summed E-state index contributed by atoms with van der Waals surface area (Å²) in [6, 6.07) is 9.46. The maximum absolute atomic E-state index is 10.7. The van der Waals surface area contributed by atoms with Crippen molar-refractivity contribution in [3.8, 4) is 5.75 Å². The van der Waals surface area contributed by atoms with Gasteiger partial charge in [0, 0.05) is 11.6 Å². The zero-order valence-electron chi connectivity index (χ0n) is 11.0. The molecule has 0 atom stereocenters. The predicted octanol–water partition coefficient (Wildman–Crippen LogP) is 1.60. The summed E-state index contributed by atoms with van der Waals surface area (Å²) in [7, 11) is 0. The average Bonchev–Trinajstić information content (AvgIpc) is 2.97. The van der Waals surface area contributed by atoms with Crippen LogP contribution in [0.3, 0.4) is 0 Å². The first kappa shape index (κ1) is 13.0. The number of ether oxygens (including phenoxy) is 1. The Kier molecular flexibility index (Phi) is 3.46. The molecule has 2 heterocycles. The second kappa shape index (κ2) is 5.58. The number of rotatable bonds is 5. The number of hydrogen-bond donors (Lipinski definition) is 1. The normalized spacial score (nSPS) is 10.7. The van der Waals surface area contributed by atoms with Crippen molar-refractivity contribution in [2.45, 2.75) is 6.54 Å². The van der Waals surface area contributed by atoms with Crippen molar-refractivity contribution in [2.75, 3.05) is 6.61 Å². The van der Waals surface area contributed by atoms with E-state index in [1.807, 2.05) is 30.3 Å². The van der Waals surface area contributed by atoms with Gasteiger partial charge in [-0.15, -0.1) is 5.10 Å². The Bertz CT molecular complexity index is 779. The van der Waals surface area contributed by atoms with E-state index in [9.17, 15) is 4.79 Å². The molecule has 0 saturated carbocycles. The lowest BCUT2D eigenvalue weighted by Gasteiger charge is -2.08. The van der Waals surface area contributed by atoms with E-state index < -0.39 is 5.97 Å². The van der Waals surface area contributed by atoms with E-state index in [2.05, 4.69) is 15.3 Å². The molecule has 0 saturated heterocycles. The first-order valence-electron chi connectivity index (χ1n) is 6.34. The van der Waals surface area contributed by atoms with E-state index >= 15 is 0 Å². The molecule has 7 heteroatoms. The van der Waals surface area contributed by atoms with Crippen LogP contribution in [-0.2, 0) is 6.54 Å². The topological polar surface area (TPSA) is 90.1 Å². The van der Waals surface area contributed by atoms with Gasteiger partial charge in [0.05, 0.1) is 18.3 Å². The Morgan fingerprint density at radius 3 is 3.00 bits per heavy atom. The van der Waals surface area contributed by atoms with Crippen LogP contribution in [0.25, 0.3) is 10.9 Å². The minimum atomic E-state index is -1.10. The van der Waals surface area contributed by atoms with Gasteiger partial charge in [-0.3, -0.25) is 4.98 Å². The van der Waals surface area contributed by atoms with Crippen LogP contribution in [0.5, 0.6) is 5.75 Å². The molecule has 0 aliphatic carbocycles. The summed E-state index contributed by atoms with van der Waals surface area (Å²) in [5.74, 6) is -0.360. The first-order chi connectivity index (χ1) is 10.2. The van der Waals surface area contributed by atoms with Gasteiger partial charge in [-0.25, -0.2) is 9.48 Å². The van der Waals surface area contributed by atoms with E-state index in [1.54, 1.807) is 6.20 Å². The van der Waals surface area contributed by atoms with Crippen LogP contribution in [0.4, 0.5) is 0 Å². The Morgan fingerprint density at radius 1 is 1.29 bits per heavy atom. The molecule has 3 aromatic rings. The van der Waals surface area contributed by atoms with Crippen LogP contribution in [0, 0.1) is 0 Å². The molecule has 0 spiro atoms. The fourth-order valence-corrected chi connectivity index (χ4v) is 1.96. The van der Waals surface area contributed by atoms with E-state index in [0.717, 1.165) is 16.7 Å². The summed E-state index contributed by atoms with van der Waals surface area (Å²) in [5, 5.41) is 17.0. The molecular weight excluding hydrogens is 272 g/mol. The van der Waals surface area contributed by atoms with E-state index in [0.29, 0.717) is 13.2 Å². The van der Waals surface area contributed by atoms with Crippen LogP contribution in [-0.4, -0.2) is 37.7 Å². The maximum atomic E-state index is 10.7. The second-order valence-electron chi connectivity index (χ2n) is 4.35. The second-order valence-corrected chi connectivity index (χ2v) is 4.35. The Hall–Kier alpha value is -2.96. The molecule has 0 amide bonds. The molecule has 0 aliphatic rings. The Morgan fingerprint density at radius 2 is 2.19 bits per heavy atom. The molecule has 1 N–H and O–H groups in total. The highest BCUT2D eigenvalue weighted by atomic mass is 16.5. The summed E-state index contributed by atoms with van der Waals surface area (Å²) >= 11 is 0. The Labute approximate surface area is 119 Å². The van der Waals surface area contributed by atoms with E-state index in [1.165, 1.54) is 10.9 Å². The quantitative estimate of drug-likeness (QED) is 0.765. The van der Waals surface area contributed by atoms with Gasteiger partial charge in [0.1, 0.15) is 12.4 Å². The molecule has 0 radical (unpaired) electrons. The van der Waals surface area contributed by atoms with Crippen molar-refractivity contribution in [1.29, 1.82) is 0 Å². The summed E-state index contributed by atoms with van der Waals surface area (Å²) in [6.45, 7) is 0.771. The van der Waals surface area contributed by atoms with Crippen molar-refractivity contribution in [3.05, 3.63) is 48.4 Å². The van der Waals surface area contributed by atoms with E-state index in [4.69, 9.17) is 9.84 Å². The van der Waals surface area contributed by atoms with Crippen LogP contribution in [0.2, 0.25) is 0 Å². The summed E-state index contributed by atoms with van der Waals surface area (Å²) in [4.78, 5) is 15.0. The smallest absolute Gasteiger partial charge is 0.358 e. The molecule has 1 aromatic carbocycles. The molecule has 3 rings (SSSR count). The van der Waals surface area contributed by atoms with Gasteiger partial charge in [-0.05, 0) is 24.3 Å². The highest BCUT2D eigenvalue weighted by Crippen LogP contribution is 2.23. The van der Waals surface area contributed by atoms with E-state index in [-0.39, 0.29) is 5.69 Å². The fraction of sp³-hybridized carbons (Fsp3) is 0.143. The van der Waals surface area contributed by atoms with Crippen molar-refractivity contribution < 1.29 is 14.6 Å². The van der Waals surface area contributed by atoms with Gasteiger partial charge < -0.3 is 9.84 Å². The van der Waals surface area contributed by atoms with Crippen molar-refractivity contribution in [1.82, 2.24) is 20.0 Å². The zero-order chi connectivity index (χ0) is 14.7. The number of fused-ring (bicyclic) bond motifs is 1. The predicted molar refractivity (Wildman–Crippen MR) is 74.2 cm³/mol. The number of aromatic nitrogens is 4. The summed E-state index contributed by atoms with van der Waals surface area (Å²) < 4.78 is 7.15. The minimum Gasteiger partial charge on any atom is -0.491 e. The summed E-state index contributed by atoms with van der Waals surface area (Å²) in [6.07, 6.45) is 3.10. The highest BCUT2D eigenvalue weighted by Gasteiger charge is 2.08. The van der Waals surface area contributed by atoms with Crippen molar-refractivity contribution in [3.63, 3.8) is 0 Å². The van der Waals surface area contributed by atoms with Crippen LogP contribution in [0.1, 0.15) is 10.5 Å². The third-order valence-corrected chi connectivity index (χ3v) is 2.94. The van der Waals surface area contributed by atoms with Gasteiger partial charge in [0.25, 0.3) is 0 Å². The van der Waals surface area contributed by atoms with Crippen molar-refractivity contribution in [2.24, 2.45) is 0 Å². The molecule has 106 valence electrons. The number of carbonyl (C=O) groups is 1. The fourth-order valence-electron chi connectivity index (χ4n) is 1.96. The number of pyridine rings is 1. The first-order valence-corrected chi connectivity index (χ1v) is 6.34. The number of carboxylic acid groups (broad SMARTS) is 1. The number of nitrogens with zero attached hydrogens (tertiary/aromatic N) is 4. The number of hydrogen-bond acceptors (Lipinski definition) is 5. The molecule has 2 aromatic heterocycles. The number of benzene rings is 1. The molecule has 7 nitrogen and oxygen atoms in total. The molecular formula is C14H12N4O3. The monoisotopic (exact) mass is 284 g/mol. The molecule has 0 unspecified atom stereocenters. The molecule has 0 fully saturated rings. The lowest BCUT2D eigenvalue weighted by Crippen LogP contribution is -2.09. The Balaban J connectivity index is 1.68. The van der Waals surface area contributed by atoms with Gasteiger partial charge in [-0.2, -0.15) is 0 Å².